The first-order chi connectivity index (χ1) is 11.9. The minimum Gasteiger partial charge on any atom is -0.493 e. The van der Waals surface area contributed by atoms with Gasteiger partial charge in [-0.25, -0.2) is 0 Å². The minimum atomic E-state index is -0.402. The van der Waals surface area contributed by atoms with Gasteiger partial charge in [0.25, 0.3) is 0 Å². The van der Waals surface area contributed by atoms with Crippen molar-refractivity contribution in [1.82, 2.24) is 0 Å². The number of hydrogen-bond donors (Lipinski definition) is 0. The summed E-state index contributed by atoms with van der Waals surface area (Å²) in [5, 5.41) is 0.365. The second-order valence-electron chi connectivity index (χ2n) is 5.67. The Bertz CT molecular complexity index is 798. The van der Waals surface area contributed by atoms with Crippen LogP contribution >= 0.6 is 11.6 Å². The first-order valence-corrected chi connectivity index (χ1v) is 8.37. The molecule has 0 radical (unpaired) electrons. The number of ether oxygens (including phenoxy) is 2. The Balaban J connectivity index is 2.71. The average Bonchev–Trinajstić information content (AvgIpc) is 2.61. The zero-order valence-corrected chi connectivity index (χ0v) is 15.5. The maximum absolute atomic E-state index is 13.1. The minimum absolute atomic E-state index is 0.0112. The van der Waals surface area contributed by atoms with Gasteiger partial charge < -0.3 is 9.47 Å². The van der Waals surface area contributed by atoms with Crippen molar-refractivity contribution in [3.63, 3.8) is 0 Å². The van der Waals surface area contributed by atoms with Gasteiger partial charge in [-0.2, -0.15) is 0 Å². The van der Waals surface area contributed by atoms with E-state index in [1.807, 2.05) is 6.92 Å². The smallest absolute Gasteiger partial charge is 0.194 e. The molecule has 0 fully saturated rings. The van der Waals surface area contributed by atoms with E-state index >= 15 is 0 Å². The van der Waals surface area contributed by atoms with Gasteiger partial charge in [-0.15, -0.1) is 0 Å². The summed E-state index contributed by atoms with van der Waals surface area (Å²) in [5.74, 6) is 0.249. The highest BCUT2D eigenvalue weighted by Crippen LogP contribution is 2.37. The van der Waals surface area contributed by atoms with E-state index in [0.29, 0.717) is 39.6 Å². The molecule has 0 aliphatic heterocycles. The highest BCUT2D eigenvalue weighted by Gasteiger charge is 2.26. The maximum atomic E-state index is 13.1. The lowest BCUT2D eigenvalue weighted by Gasteiger charge is -2.19. The van der Waals surface area contributed by atoms with Crippen LogP contribution in [0.4, 0.5) is 0 Å². The number of benzene rings is 2. The maximum Gasteiger partial charge on any atom is 0.194 e. The van der Waals surface area contributed by atoms with Crippen LogP contribution in [0.5, 0.6) is 11.5 Å². The predicted molar refractivity (Wildman–Crippen MR) is 98.1 cm³/mol. The first kappa shape index (κ1) is 19.0. The number of carbonyl (C=O) groups excluding carboxylic acids is 2. The number of ketones is 2. The van der Waals surface area contributed by atoms with Crippen LogP contribution in [0.15, 0.2) is 36.4 Å². The third-order valence-electron chi connectivity index (χ3n) is 4.19. The summed E-state index contributed by atoms with van der Waals surface area (Å²) in [6.45, 7) is 3.43. The summed E-state index contributed by atoms with van der Waals surface area (Å²) in [6.07, 6.45) is 0.577. The molecule has 5 heteroatoms. The van der Waals surface area contributed by atoms with Gasteiger partial charge in [-0.1, -0.05) is 30.7 Å². The van der Waals surface area contributed by atoms with Crippen LogP contribution in [-0.2, 0) is 4.79 Å². The van der Waals surface area contributed by atoms with E-state index in [-0.39, 0.29) is 11.6 Å². The van der Waals surface area contributed by atoms with E-state index in [9.17, 15) is 9.59 Å². The molecule has 2 aromatic carbocycles. The second-order valence-corrected chi connectivity index (χ2v) is 6.08. The molecular weight excluding hydrogens is 340 g/mol. The fraction of sp³-hybridized carbons (Fsp3) is 0.300. The van der Waals surface area contributed by atoms with Gasteiger partial charge >= 0.3 is 0 Å². The summed E-state index contributed by atoms with van der Waals surface area (Å²) in [7, 11) is 3.02. The lowest BCUT2D eigenvalue weighted by molar-refractivity contribution is -0.118. The van der Waals surface area contributed by atoms with Crippen molar-refractivity contribution in [3.8, 4) is 11.5 Å². The molecule has 4 nitrogen and oxygen atoms in total. The number of methoxy groups -OCH3 is 2. The van der Waals surface area contributed by atoms with Crippen LogP contribution in [0, 0.1) is 0 Å². The molecule has 0 heterocycles. The van der Waals surface area contributed by atoms with Gasteiger partial charge in [0.05, 0.1) is 19.2 Å². The standard InChI is InChI=1S/C20H21ClO4/c1-5-13(12(2)22)15-10-18(24-3)19(25-4)11-16(15)20(23)14-8-6-7-9-17(14)21/h6-11,13H,5H2,1-4H3. The molecule has 0 N–H and O–H groups in total. The van der Waals surface area contributed by atoms with Crippen molar-refractivity contribution in [3.05, 3.63) is 58.1 Å². The molecule has 2 rings (SSSR count). The monoisotopic (exact) mass is 360 g/mol. The lowest BCUT2D eigenvalue weighted by Crippen LogP contribution is -2.15. The third-order valence-corrected chi connectivity index (χ3v) is 4.52. The highest BCUT2D eigenvalue weighted by molar-refractivity contribution is 6.35. The van der Waals surface area contributed by atoms with Crippen LogP contribution < -0.4 is 9.47 Å². The molecule has 2 aromatic rings. The molecule has 132 valence electrons. The predicted octanol–water partition coefficient (Wildman–Crippen LogP) is 4.67. The van der Waals surface area contributed by atoms with Gasteiger partial charge in [0.2, 0.25) is 0 Å². The van der Waals surface area contributed by atoms with Crippen molar-refractivity contribution in [2.24, 2.45) is 0 Å². The van der Waals surface area contributed by atoms with E-state index in [1.165, 1.54) is 21.1 Å². The van der Waals surface area contributed by atoms with Gasteiger partial charge in [0.1, 0.15) is 5.78 Å². The van der Waals surface area contributed by atoms with Crippen LogP contribution in [0.2, 0.25) is 5.02 Å². The Morgan fingerprint density at radius 3 is 2.16 bits per heavy atom. The normalized spacial score (nSPS) is 11.7. The summed E-state index contributed by atoms with van der Waals surface area (Å²) in [4.78, 5) is 25.2. The van der Waals surface area contributed by atoms with Crippen LogP contribution in [0.3, 0.4) is 0 Å². The fourth-order valence-electron chi connectivity index (χ4n) is 2.90. The number of hydrogen-bond acceptors (Lipinski definition) is 4. The Labute approximate surface area is 152 Å². The van der Waals surface area contributed by atoms with Gasteiger partial charge in [0, 0.05) is 17.0 Å². The Hall–Kier alpha value is -2.33. The quantitative estimate of drug-likeness (QED) is 0.673. The molecule has 0 aliphatic rings. The summed E-state index contributed by atoms with van der Waals surface area (Å²) in [6, 6.07) is 10.2. The second kappa shape index (κ2) is 8.17. The third kappa shape index (κ3) is 3.85. The van der Waals surface area contributed by atoms with Gasteiger partial charge in [0.15, 0.2) is 17.3 Å². The van der Waals surface area contributed by atoms with Crippen molar-refractivity contribution >= 4 is 23.2 Å². The number of Topliss-reactive ketones (excluding diaryl/α,β-unsaturated/α-hetero) is 1. The fourth-order valence-corrected chi connectivity index (χ4v) is 3.12. The molecule has 25 heavy (non-hydrogen) atoms. The Morgan fingerprint density at radius 1 is 1.04 bits per heavy atom. The Kier molecular flexibility index (Phi) is 6.21. The van der Waals surface area contributed by atoms with Crippen LogP contribution in [0.1, 0.15) is 47.7 Å². The van der Waals surface area contributed by atoms with Crippen molar-refractivity contribution < 1.29 is 19.1 Å². The average molecular weight is 361 g/mol. The molecule has 0 amide bonds. The Morgan fingerprint density at radius 2 is 1.64 bits per heavy atom. The van der Waals surface area contributed by atoms with Crippen LogP contribution in [-0.4, -0.2) is 25.8 Å². The number of halogens is 1. The van der Waals surface area contributed by atoms with Crippen molar-refractivity contribution in [2.45, 2.75) is 26.2 Å². The number of rotatable bonds is 7. The molecule has 0 bridgehead atoms. The summed E-state index contributed by atoms with van der Waals surface area (Å²) < 4.78 is 10.7. The van der Waals surface area contributed by atoms with Crippen molar-refractivity contribution in [1.29, 1.82) is 0 Å². The molecule has 0 saturated heterocycles. The summed E-state index contributed by atoms with van der Waals surface area (Å²) in [5.41, 5.74) is 1.40. The van der Waals surface area contributed by atoms with E-state index in [4.69, 9.17) is 21.1 Å². The van der Waals surface area contributed by atoms with Crippen molar-refractivity contribution in [2.75, 3.05) is 14.2 Å². The van der Waals surface area contributed by atoms with E-state index in [1.54, 1.807) is 36.4 Å². The number of carbonyl (C=O) groups is 2. The molecular formula is C20H21ClO4. The molecule has 0 spiro atoms. The zero-order chi connectivity index (χ0) is 18.6. The molecule has 0 saturated carbocycles. The molecule has 0 aromatic heterocycles. The van der Waals surface area contributed by atoms with E-state index < -0.39 is 5.92 Å². The van der Waals surface area contributed by atoms with Crippen LogP contribution in [0.25, 0.3) is 0 Å². The van der Waals surface area contributed by atoms with Gasteiger partial charge in [-0.3, -0.25) is 9.59 Å². The zero-order valence-electron chi connectivity index (χ0n) is 14.8. The first-order valence-electron chi connectivity index (χ1n) is 8.00. The largest absolute Gasteiger partial charge is 0.493 e. The highest BCUT2D eigenvalue weighted by atomic mass is 35.5. The van der Waals surface area contributed by atoms with E-state index in [0.717, 1.165) is 0 Å². The van der Waals surface area contributed by atoms with Gasteiger partial charge in [-0.05, 0) is 43.2 Å². The molecule has 1 atom stereocenters. The lowest BCUT2D eigenvalue weighted by atomic mass is 9.86. The molecule has 1 unspecified atom stereocenters. The topological polar surface area (TPSA) is 52.6 Å². The SMILES string of the molecule is CCC(C(C)=O)c1cc(OC)c(OC)cc1C(=O)c1ccccc1Cl. The summed E-state index contributed by atoms with van der Waals surface area (Å²) >= 11 is 6.19. The molecule has 0 aliphatic carbocycles. The van der Waals surface area contributed by atoms with E-state index in [2.05, 4.69) is 0 Å².